The van der Waals surface area contributed by atoms with Gasteiger partial charge >= 0.3 is 0 Å². The normalized spacial score (nSPS) is 24.2. The van der Waals surface area contributed by atoms with Crippen molar-refractivity contribution in [2.24, 2.45) is 5.92 Å². The van der Waals surface area contributed by atoms with Crippen molar-refractivity contribution in [2.75, 3.05) is 13.7 Å². The van der Waals surface area contributed by atoms with E-state index in [-0.39, 0.29) is 5.54 Å². The second-order valence-electron chi connectivity index (χ2n) is 5.41. The Morgan fingerprint density at radius 1 is 1.35 bits per heavy atom. The largest absolute Gasteiger partial charge is 0.496 e. The summed E-state index contributed by atoms with van der Waals surface area (Å²) in [6.07, 6.45) is 3.64. The molecule has 0 amide bonds. The number of hydrogen-bond donors (Lipinski definition) is 1. The van der Waals surface area contributed by atoms with Crippen LogP contribution in [0, 0.1) is 5.92 Å². The highest BCUT2D eigenvalue weighted by molar-refractivity contribution is 5.40. The third kappa shape index (κ3) is 2.47. The van der Waals surface area contributed by atoms with Crippen LogP contribution in [0.25, 0.3) is 0 Å². The predicted molar refractivity (Wildman–Crippen MR) is 71.4 cm³/mol. The smallest absolute Gasteiger partial charge is 0.123 e. The van der Waals surface area contributed by atoms with Crippen molar-refractivity contribution in [1.82, 2.24) is 5.32 Å². The molecule has 0 spiro atoms. The number of nitrogens with one attached hydrogen (secondary N) is 1. The van der Waals surface area contributed by atoms with E-state index in [1.54, 1.807) is 7.11 Å². The topological polar surface area (TPSA) is 21.3 Å². The van der Waals surface area contributed by atoms with Crippen molar-refractivity contribution in [3.63, 3.8) is 0 Å². The molecule has 1 aromatic rings. The molecule has 1 atom stereocenters. The fraction of sp³-hybridized carbons (Fsp3) is 0.600. The first kappa shape index (κ1) is 12.4. The Labute approximate surface area is 104 Å². The van der Waals surface area contributed by atoms with E-state index < -0.39 is 0 Å². The Kier molecular flexibility index (Phi) is 3.72. The molecule has 1 N–H and O–H groups in total. The van der Waals surface area contributed by atoms with Crippen LogP contribution < -0.4 is 10.1 Å². The zero-order valence-electron chi connectivity index (χ0n) is 11.1. The van der Waals surface area contributed by atoms with Gasteiger partial charge in [-0.2, -0.15) is 0 Å². The van der Waals surface area contributed by atoms with Crippen LogP contribution in [0.2, 0.25) is 0 Å². The van der Waals surface area contributed by atoms with Gasteiger partial charge in [0.15, 0.2) is 0 Å². The van der Waals surface area contributed by atoms with E-state index in [2.05, 4.69) is 37.4 Å². The lowest BCUT2D eigenvalue weighted by Crippen LogP contribution is -2.38. The maximum atomic E-state index is 5.52. The van der Waals surface area contributed by atoms with Gasteiger partial charge < -0.3 is 10.1 Å². The zero-order chi connectivity index (χ0) is 12.3. The molecule has 1 heterocycles. The Morgan fingerprint density at radius 3 is 2.71 bits per heavy atom. The Bertz CT molecular complexity index is 367. The molecule has 0 aromatic heterocycles. The highest BCUT2D eigenvalue weighted by Gasteiger charge is 2.37. The Morgan fingerprint density at radius 2 is 2.12 bits per heavy atom. The van der Waals surface area contributed by atoms with Crippen molar-refractivity contribution in [2.45, 2.75) is 38.6 Å². The van der Waals surface area contributed by atoms with Crippen LogP contribution in [0.4, 0.5) is 0 Å². The van der Waals surface area contributed by atoms with E-state index in [9.17, 15) is 0 Å². The third-order valence-corrected chi connectivity index (χ3v) is 3.62. The molecule has 0 saturated carbocycles. The minimum atomic E-state index is 0.126. The number of hydrogen-bond acceptors (Lipinski definition) is 2. The number of para-hydroxylation sites is 1. The van der Waals surface area contributed by atoms with Crippen LogP contribution in [0.3, 0.4) is 0 Å². The lowest BCUT2D eigenvalue weighted by molar-refractivity contribution is 0.295. The summed E-state index contributed by atoms with van der Waals surface area (Å²) in [7, 11) is 1.76. The molecule has 1 aliphatic rings. The fourth-order valence-electron chi connectivity index (χ4n) is 3.06. The molecule has 17 heavy (non-hydrogen) atoms. The van der Waals surface area contributed by atoms with Crippen LogP contribution in [-0.2, 0) is 5.54 Å². The number of benzene rings is 1. The first-order chi connectivity index (χ1) is 8.18. The van der Waals surface area contributed by atoms with E-state index in [0.29, 0.717) is 5.92 Å². The second-order valence-corrected chi connectivity index (χ2v) is 5.41. The number of ether oxygens (including phenoxy) is 1. The summed E-state index contributed by atoms with van der Waals surface area (Å²) in [5.74, 6) is 1.70. The number of methoxy groups -OCH3 is 1. The van der Waals surface area contributed by atoms with Crippen LogP contribution in [0.1, 0.15) is 38.7 Å². The van der Waals surface area contributed by atoms with Gasteiger partial charge in [-0.25, -0.2) is 0 Å². The van der Waals surface area contributed by atoms with Crippen molar-refractivity contribution in [3.8, 4) is 5.75 Å². The first-order valence-electron chi connectivity index (χ1n) is 6.56. The first-order valence-corrected chi connectivity index (χ1v) is 6.56. The molecule has 1 aromatic carbocycles. The van der Waals surface area contributed by atoms with Crippen molar-refractivity contribution < 1.29 is 4.74 Å². The van der Waals surface area contributed by atoms with E-state index in [1.807, 2.05) is 6.07 Å². The fourth-order valence-corrected chi connectivity index (χ4v) is 3.06. The van der Waals surface area contributed by atoms with Crippen molar-refractivity contribution in [1.29, 1.82) is 0 Å². The molecule has 2 heteroatoms. The van der Waals surface area contributed by atoms with E-state index in [1.165, 1.54) is 24.8 Å². The van der Waals surface area contributed by atoms with E-state index in [0.717, 1.165) is 12.3 Å². The van der Waals surface area contributed by atoms with Crippen LogP contribution in [0.15, 0.2) is 24.3 Å². The molecule has 1 unspecified atom stereocenters. The van der Waals surface area contributed by atoms with Crippen LogP contribution in [0.5, 0.6) is 5.75 Å². The quantitative estimate of drug-likeness (QED) is 0.861. The summed E-state index contributed by atoms with van der Waals surface area (Å²) in [6.45, 7) is 5.69. The summed E-state index contributed by atoms with van der Waals surface area (Å²) < 4.78 is 5.52. The molecule has 1 saturated heterocycles. The van der Waals surface area contributed by atoms with Gasteiger partial charge in [0.05, 0.1) is 7.11 Å². The average Bonchev–Trinajstić information content (AvgIpc) is 2.77. The standard InChI is InChI=1S/C15H23NO/c1-12(2)11-15(9-6-10-16-15)13-7-4-5-8-14(13)17-3/h4-5,7-8,12,16H,6,9-11H2,1-3H3. The summed E-state index contributed by atoms with van der Waals surface area (Å²) in [5.41, 5.74) is 1.45. The maximum absolute atomic E-state index is 5.52. The Hall–Kier alpha value is -1.02. The maximum Gasteiger partial charge on any atom is 0.123 e. The molecule has 2 rings (SSSR count). The van der Waals surface area contributed by atoms with E-state index in [4.69, 9.17) is 4.74 Å². The number of rotatable bonds is 4. The van der Waals surface area contributed by atoms with Gasteiger partial charge in [-0.3, -0.25) is 0 Å². The average molecular weight is 233 g/mol. The SMILES string of the molecule is COc1ccccc1C1(CC(C)C)CCCN1. The molecule has 2 nitrogen and oxygen atoms in total. The summed E-state index contributed by atoms with van der Waals surface area (Å²) >= 11 is 0. The molecule has 1 aliphatic heterocycles. The third-order valence-electron chi connectivity index (χ3n) is 3.62. The highest BCUT2D eigenvalue weighted by Crippen LogP contribution is 2.40. The predicted octanol–water partition coefficient (Wildman–Crippen LogP) is 3.32. The molecule has 0 bridgehead atoms. The van der Waals surface area contributed by atoms with Gasteiger partial charge in [0, 0.05) is 11.1 Å². The molecule has 0 aliphatic carbocycles. The van der Waals surface area contributed by atoms with Crippen molar-refractivity contribution >= 4 is 0 Å². The molecule has 1 fully saturated rings. The summed E-state index contributed by atoms with van der Waals surface area (Å²) in [4.78, 5) is 0. The van der Waals surface area contributed by atoms with Gasteiger partial charge in [-0.05, 0) is 37.8 Å². The minimum Gasteiger partial charge on any atom is -0.496 e. The Balaban J connectivity index is 2.38. The zero-order valence-corrected chi connectivity index (χ0v) is 11.1. The highest BCUT2D eigenvalue weighted by atomic mass is 16.5. The van der Waals surface area contributed by atoms with Crippen LogP contribution in [-0.4, -0.2) is 13.7 Å². The monoisotopic (exact) mass is 233 g/mol. The van der Waals surface area contributed by atoms with Crippen LogP contribution >= 0.6 is 0 Å². The lowest BCUT2D eigenvalue weighted by atomic mass is 9.81. The van der Waals surface area contributed by atoms with Gasteiger partial charge in [-0.1, -0.05) is 32.0 Å². The van der Waals surface area contributed by atoms with Crippen molar-refractivity contribution in [3.05, 3.63) is 29.8 Å². The van der Waals surface area contributed by atoms with Gasteiger partial charge in [-0.15, -0.1) is 0 Å². The molecule has 0 radical (unpaired) electrons. The van der Waals surface area contributed by atoms with Gasteiger partial charge in [0.25, 0.3) is 0 Å². The molecular formula is C15H23NO. The van der Waals surface area contributed by atoms with Gasteiger partial charge in [0.1, 0.15) is 5.75 Å². The van der Waals surface area contributed by atoms with Gasteiger partial charge in [0.2, 0.25) is 0 Å². The summed E-state index contributed by atoms with van der Waals surface area (Å²) in [6, 6.07) is 8.43. The summed E-state index contributed by atoms with van der Waals surface area (Å²) in [5, 5.41) is 3.71. The van der Waals surface area contributed by atoms with E-state index >= 15 is 0 Å². The lowest BCUT2D eigenvalue weighted by Gasteiger charge is -2.33. The minimum absolute atomic E-state index is 0.126. The molecule has 94 valence electrons. The second kappa shape index (κ2) is 5.09. The molecular weight excluding hydrogens is 210 g/mol.